The molecular formula is C22H23F3N4O5. The van der Waals surface area contributed by atoms with Crippen LogP contribution in [0.15, 0.2) is 28.7 Å². The average Bonchev–Trinajstić information content (AvgIpc) is 3.23. The van der Waals surface area contributed by atoms with Gasteiger partial charge in [-0.05, 0) is 45.0 Å². The Balaban J connectivity index is 2.09. The third kappa shape index (κ3) is 4.96. The molecule has 12 heteroatoms. The van der Waals surface area contributed by atoms with E-state index in [1.54, 1.807) is 13.8 Å². The standard InChI is InChI=1S/C22H23F3N4O5/c1-5-33-21(31)11(3)27-19(30)17-18(10(2)26)34-20(29-17)13-6-8-14(32-4)16-12(13)7-9-15(28-16)22(23,24)25/h6-11H,5,26H2,1-4H3,(H,27,30)/t10-,11-/m0/s1. The Kier molecular flexibility index (Phi) is 7.10. The van der Waals surface area contributed by atoms with E-state index in [0.717, 1.165) is 6.07 Å². The summed E-state index contributed by atoms with van der Waals surface area (Å²) in [7, 11) is 1.31. The van der Waals surface area contributed by atoms with E-state index in [9.17, 15) is 22.8 Å². The molecule has 9 nitrogen and oxygen atoms in total. The first-order valence-electron chi connectivity index (χ1n) is 10.3. The number of ether oxygens (including phenoxy) is 2. The van der Waals surface area contributed by atoms with Crippen LogP contribution >= 0.6 is 0 Å². The second-order valence-electron chi connectivity index (χ2n) is 7.37. The zero-order valence-corrected chi connectivity index (χ0v) is 18.8. The van der Waals surface area contributed by atoms with Gasteiger partial charge in [0.2, 0.25) is 5.89 Å². The number of hydrogen-bond donors (Lipinski definition) is 2. The van der Waals surface area contributed by atoms with Crippen molar-refractivity contribution >= 4 is 22.8 Å². The van der Waals surface area contributed by atoms with E-state index in [-0.39, 0.29) is 46.2 Å². The minimum absolute atomic E-state index is 0.0346. The molecule has 0 saturated heterocycles. The van der Waals surface area contributed by atoms with E-state index in [2.05, 4.69) is 15.3 Å². The van der Waals surface area contributed by atoms with Crippen LogP contribution < -0.4 is 15.8 Å². The fourth-order valence-electron chi connectivity index (χ4n) is 3.21. The van der Waals surface area contributed by atoms with Gasteiger partial charge in [0.1, 0.15) is 23.0 Å². The Morgan fingerprint density at radius 3 is 2.47 bits per heavy atom. The second-order valence-corrected chi connectivity index (χ2v) is 7.37. The van der Waals surface area contributed by atoms with Crippen LogP contribution in [0.5, 0.6) is 5.75 Å². The average molecular weight is 480 g/mol. The highest BCUT2D eigenvalue weighted by atomic mass is 19.4. The van der Waals surface area contributed by atoms with Gasteiger partial charge >= 0.3 is 12.1 Å². The predicted octanol–water partition coefficient (Wildman–Crippen LogP) is 3.62. The molecule has 3 N–H and O–H groups in total. The zero-order chi connectivity index (χ0) is 25.2. The number of nitrogens with zero attached hydrogens (tertiary/aromatic N) is 2. The number of hydrogen-bond acceptors (Lipinski definition) is 8. The van der Waals surface area contributed by atoms with Crippen LogP contribution in [0.2, 0.25) is 0 Å². The maximum absolute atomic E-state index is 13.2. The summed E-state index contributed by atoms with van der Waals surface area (Å²) in [4.78, 5) is 32.6. The lowest BCUT2D eigenvalue weighted by molar-refractivity contribution is -0.145. The van der Waals surface area contributed by atoms with Gasteiger partial charge in [-0.3, -0.25) is 4.79 Å². The van der Waals surface area contributed by atoms with Gasteiger partial charge in [-0.25, -0.2) is 14.8 Å². The second kappa shape index (κ2) is 9.67. The van der Waals surface area contributed by atoms with Gasteiger partial charge in [0, 0.05) is 10.9 Å². The van der Waals surface area contributed by atoms with Gasteiger partial charge in [0.25, 0.3) is 5.91 Å². The van der Waals surface area contributed by atoms with Crippen molar-refractivity contribution in [3.05, 3.63) is 41.4 Å². The molecule has 0 aliphatic carbocycles. The number of carbonyl (C=O) groups is 2. The quantitative estimate of drug-likeness (QED) is 0.491. The van der Waals surface area contributed by atoms with Gasteiger partial charge in [-0.2, -0.15) is 13.2 Å². The van der Waals surface area contributed by atoms with Crippen LogP contribution in [-0.4, -0.2) is 41.6 Å². The van der Waals surface area contributed by atoms with Gasteiger partial charge in [0.05, 0.1) is 19.8 Å². The molecule has 2 heterocycles. The van der Waals surface area contributed by atoms with Crippen LogP contribution in [0.3, 0.4) is 0 Å². The van der Waals surface area contributed by atoms with Crippen molar-refractivity contribution in [3.63, 3.8) is 0 Å². The topological polar surface area (TPSA) is 130 Å². The van der Waals surface area contributed by atoms with Crippen LogP contribution in [0.1, 0.15) is 48.8 Å². The molecule has 34 heavy (non-hydrogen) atoms. The number of rotatable bonds is 7. The van der Waals surface area contributed by atoms with E-state index in [4.69, 9.17) is 19.6 Å². The number of aromatic nitrogens is 2. The van der Waals surface area contributed by atoms with Crippen molar-refractivity contribution in [2.24, 2.45) is 5.73 Å². The number of nitrogens with two attached hydrogens (primary N) is 1. The smallest absolute Gasteiger partial charge is 0.433 e. The van der Waals surface area contributed by atoms with Crippen LogP contribution in [0, 0.1) is 0 Å². The van der Waals surface area contributed by atoms with E-state index in [0.29, 0.717) is 0 Å². The maximum atomic E-state index is 13.2. The SMILES string of the molecule is CCOC(=O)[C@H](C)NC(=O)c1nc(-c2ccc(OC)c3nc(C(F)(F)F)ccc23)oc1[C@H](C)N. The lowest BCUT2D eigenvalue weighted by Gasteiger charge is -2.12. The summed E-state index contributed by atoms with van der Waals surface area (Å²) in [5.41, 5.74) is 4.91. The molecule has 1 aromatic carbocycles. The molecule has 182 valence electrons. The third-order valence-electron chi connectivity index (χ3n) is 4.83. The fraction of sp³-hybridized carbons (Fsp3) is 0.364. The Bertz CT molecular complexity index is 1220. The van der Waals surface area contributed by atoms with Crippen molar-refractivity contribution in [2.75, 3.05) is 13.7 Å². The first-order chi connectivity index (χ1) is 16.0. The summed E-state index contributed by atoms with van der Waals surface area (Å²) in [5, 5.41) is 2.73. The van der Waals surface area contributed by atoms with Crippen LogP contribution in [-0.2, 0) is 15.7 Å². The lowest BCUT2D eigenvalue weighted by Crippen LogP contribution is -2.40. The number of alkyl halides is 3. The number of carbonyl (C=O) groups excluding carboxylic acids is 2. The molecule has 2 atom stereocenters. The van der Waals surface area contributed by atoms with Crippen molar-refractivity contribution in [2.45, 2.75) is 39.0 Å². The highest BCUT2D eigenvalue weighted by molar-refractivity contribution is 5.99. The van der Waals surface area contributed by atoms with Crippen LogP contribution in [0.4, 0.5) is 13.2 Å². The van der Waals surface area contributed by atoms with Gasteiger partial charge < -0.3 is 24.9 Å². The monoisotopic (exact) mass is 480 g/mol. The van der Waals surface area contributed by atoms with E-state index in [1.807, 2.05) is 0 Å². The molecule has 0 aliphatic rings. The number of methoxy groups -OCH3 is 1. The Labute approximate surface area is 192 Å². The van der Waals surface area contributed by atoms with E-state index in [1.165, 1.54) is 32.2 Å². The molecule has 3 aromatic rings. The molecule has 1 amide bonds. The number of pyridine rings is 1. The molecule has 0 unspecified atom stereocenters. The van der Waals surface area contributed by atoms with Gasteiger partial charge in [-0.15, -0.1) is 0 Å². The molecular weight excluding hydrogens is 457 g/mol. The summed E-state index contributed by atoms with van der Waals surface area (Å²) < 4.78 is 55.4. The molecule has 0 bridgehead atoms. The number of esters is 1. The molecule has 0 spiro atoms. The van der Waals surface area contributed by atoms with E-state index < -0.39 is 35.8 Å². The minimum atomic E-state index is -4.65. The Morgan fingerprint density at radius 1 is 1.18 bits per heavy atom. The van der Waals surface area contributed by atoms with Crippen molar-refractivity contribution in [3.8, 4) is 17.2 Å². The number of fused-ring (bicyclic) bond motifs is 1. The van der Waals surface area contributed by atoms with E-state index >= 15 is 0 Å². The number of halogens is 3. The molecule has 0 radical (unpaired) electrons. The highest BCUT2D eigenvalue weighted by Gasteiger charge is 2.33. The molecule has 2 aromatic heterocycles. The Morgan fingerprint density at radius 2 is 1.88 bits per heavy atom. The van der Waals surface area contributed by atoms with Crippen molar-refractivity contribution in [1.29, 1.82) is 0 Å². The third-order valence-corrected chi connectivity index (χ3v) is 4.83. The molecule has 0 saturated carbocycles. The molecule has 0 fully saturated rings. The largest absolute Gasteiger partial charge is 0.494 e. The normalized spacial score (nSPS) is 13.4. The maximum Gasteiger partial charge on any atom is 0.433 e. The fourth-order valence-corrected chi connectivity index (χ4v) is 3.21. The molecule has 3 rings (SSSR count). The predicted molar refractivity (Wildman–Crippen MR) is 115 cm³/mol. The number of amides is 1. The summed E-state index contributed by atoms with van der Waals surface area (Å²) >= 11 is 0. The highest BCUT2D eigenvalue weighted by Crippen LogP contribution is 2.37. The number of nitrogens with one attached hydrogen (secondary N) is 1. The van der Waals surface area contributed by atoms with Gasteiger partial charge in [-0.1, -0.05) is 0 Å². The van der Waals surface area contributed by atoms with Gasteiger partial charge in [0.15, 0.2) is 11.5 Å². The zero-order valence-electron chi connectivity index (χ0n) is 18.8. The minimum Gasteiger partial charge on any atom is -0.494 e. The number of benzene rings is 1. The first-order valence-corrected chi connectivity index (χ1v) is 10.3. The van der Waals surface area contributed by atoms with Crippen LogP contribution in [0.25, 0.3) is 22.4 Å². The summed E-state index contributed by atoms with van der Waals surface area (Å²) in [6, 6.07) is 3.29. The number of oxazole rings is 1. The lowest BCUT2D eigenvalue weighted by atomic mass is 10.1. The first kappa shape index (κ1) is 25.0. The van der Waals surface area contributed by atoms with Crippen molar-refractivity contribution in [1.82, 2.24) is 15.3 Å². The Hall–Kier alpha value is -3.67. The summed E-state index contributed by atoms with van der Waals surface area (Å²) in [6.45, 7) is 4.80. The van der Waals surface area contributed by atoms with Crippen molar-refractivity contribution < 1.29 is 36.7 Å². The summed E-state index contributed by atoms with van der Waals surface area (Å²) in [5.74, 6) is -1.26. The molecule has 0 aliphatic heterocycles. The summed E-state index contributed by atoms with van der Waals surface area (Å²) in [6.07, 6.45) is -4.65.